The summed E-state index contributed by atoms with van der Waals surface area (Å²) < 4.78 is 0. The van der Waals surface area contributed by atoms with Crippen LogP contribution in [0.15, 0.2) is 0 Å². The van der Waals surface area contributed by atoms with Gasteiger partial charge in [0.1, 0.15) is 0 Å². The first-order valence-corrected chi connectivity index (χ1v) is 8.04. The fourth-order valence-electron chi connectivity index (χ4n) is 3.36. The Morgan fingerprint density at radius 2 is 2.16 bits per heavy atom. The largest absolute Gasteiger partial charge is 0.481 e. The number of unbranched alkanes of at least 4 members (excludes halogenated alkanes) is 1. The zero-order valence-electron chi connectivity index (χ0n) is 12.9. The minimum Gasteiger partial charge on any atom is -0.481 e. The molecule has 112 valence electrons. The van der Waals surface area contributed by atoms with E-state index in [0.29, 0.717) is 24.3 Å². The summed E-state index contributed by atoms with van der Waals surface area (Å²) in [7, 11) is 0. The van der Waals surface area contributed by atoms with Crippen molar-refractivity contribution in [3.8, 4) is 0 Å². The lowest BCUT2D eigenvalue weighted by molar-refractivity contribution is -0.138. The first kappa shape index (κ1) is 16.5. The number of hydrogen-bond donors (Lipinski definition) is 1. The van der Waals surface area contributed by atoms with Crippen molar-refractivity contribution in [2.45, 2.75) is 71.8 Å². The summed E-state index contributed by atoms with van der Waals surface area (Å²) in [6.45, 7) is 8.95. The Morgan fingerprint density at radius 3 is 2.74 bits per heavy atom. The Kier molecular flexibility index (Phi) is 7.44. The van der Waals surface area contributed by atoms with Gasteiger partial charge < -0.3 is 10.0 Å². The molecule has 0 aromatic rings. The number of aliphatic carboxylic acids is 1. The molecule has 1 rings (SSSR count). The van der Waals surface area contributed by atoms with Gasteiger partial charge in [-0.05, 0) is 44.1 Å². The van der Waals surface area contributed by atoms with Gasteiger partial charge in [0.05, 0.1) is 0 Å². The molecule has 0 radical (unpaired) electrons. The molecule has 0 bridgehead atoms. The van der Waals surface area contributed by atoms with E-state index in [4.69, 9.17) is 5.11 Å². The van der Waals surface area contributed by atoms with Crippen LogP contribution < -0.4 is 0 Å². The molecule has 0 amide bonds. The van der Waals surface area contributed by atoms with E-state index in [-0.39, 0.29) is 0 Å². The predicted octanol–water partition coefficient (Wildman–Crippen LogP) is 3.78. The van der Waals surface area contributed by atoms with Crippen LogP contribution in [0.25, 0.3) is 0 Å². The monoisotopic (exact) mass is 269 g/mol. The van der Waals surface area contributed by atoms with Crippen LogP contribution in [0.5, 0.6) is 0 Å². The first-order chi connectivity index (χ1) is 9.08. The minimum absolute atomic E-state index is 0.309. The molecular formula is C16H31NO2. The number of carboxylic acid groups (broad SMARTS) is 1. The van der Waals surface area contributed by atoms with Crippen LogP contribution in [0, 0.1) is 11.8 Å². The van der Waals surface area contributed by atoms with E-state index in [2.05, 4.69) is 25.7 Å². The topological polar surface area (TPSA) is 40.5 Å². The summed E-state index contributed by atoms with van der Waals surface area (Å²) >= 11 is 0. The summed E-state index contributed by atoms with van der Waals surface area (Å²) in [6.07, 6.45) is 7.86. The van der Waals surface area contributed by atoms with E-state index in [0.717, 1.165) is 6.54 Å². The third-order valence-electron chi connectivity index (χ3n) is 4.67. The van der Waals surface area contributed by atoms with Crippen LogP contribution in [0.2, 0.25) is 0 Å². The molecule has 3 unspecified atom stereocenters. The number of nitrogens with zero attached hydrogens (tertiary/aromatic N) is 1. The van der Waals surface area contributed by atoms with Crippen molar-refractivity contribution >= 4 is 5.97 Å². The highest BCUT2D eigenvalue weighted by molar-refractivity contribution is 5.67. The van der Waals surface area contributed by atoms with Gasteiger partial charge in [-0.2, -0.15) is 0 Å². The summed E-state index contributed by atoms with van der Waals surface area (Å²) in [5.74, 6) is 0.229. The van der Waals surface area contributed by atoms with Gasteiger partial charge in [-0.1, -0.05) is 33.6 Å². The van der Waals surface area contributed by atoms with Gasteiger partial charge in [0.25, 0.3) is 0 Å². The van der Waals surface area contributed by atoms with Crippen molar-refractivity contribution in [2.75, 3.05) is 13.1 Å². The second-order valence-corrected chi connectivity index (χ2v) is 6.18. The number of carbonyl (C=O) groups is 1. The Hall–Kier alpha value is -0.570. The van der Waals surface area contributed by atoms with Crippen LogP contribution in [-0.2, 0) is 4.79 Å². The maximum Gasteiger partial charge on any atom is 0.303 e. The molecule has 1 aliphatic heterocycles. The molecular weight excluding hydrogens is 238 g/mol. The van der Waals surface area contributed by atoms with Crippen LogP contribution in [0.3, 0.4) is 0 Å². The molecule has 0 aliphatic carbocycles. The molecule has 0 aromatic carbocycles. The predicted molar refractivity (Wildman–Crippen MR) is 79.3 cm³/mol. The molecule has 1 saturated heterocycles. The van der Waals surface area contributed by atoms with Gasteiger partial charge in [0, 0.05) is 19.0 Å². The summed E-state index contributed by atoms with van der Waals surface area (Å²) in [5.41, 5.74) is 0. The Balaban J connectivity index is 2.49. The second-order valence-electron chi connectivity index (χ2n) is 6.18. The van der Waals surface area contributed by atoms with Crippen LogP contribution in [0.1, 0.15) is 65.7 Å². The molecule has 19 heavy (non-hydrogen) atoms. The smallest absolute Gasteiger partial charge is 0.303 e. The minimum atomic E-state index is -0.650. The van der Waals surface area contributed by atoms with Gasteiger partial charge in [-0.25, -0.2) is 0 Å². The highest BCUT2D eigenvalue weighted by atomic mass is 16.4. The number of likely N-dealkylation sites (tertiary alicyclic amines) is 1. The lowest BCUT2D eigenvalue weighted by Gasteiger charge is -2.40. The number of rotatable bonds is 8. The second kappa shape index (κ2) is 8.57. The molecule has 1 aliphatic rings. The lowest BCUT2D eigenvalue weighted by Crippen LogP contribution is -2.44. The number of hydrogen-bond acceptors (Lipinski definition) is 2. The summed E-state index contributed by atoms with van der Waals surface area (Å²) in [5, 5.41) is 8.94. The van der Waals surface area contributed by atoms with Crippen LogP contribution >= 0.6 is 0 Å². The van der Waals surface area contributed by atoms with Gasteiger partial charge in [0.15, 0.2) is 0 Å². The van der Waals surface area contributed by atoms with Crippen molar-refractivity contribution < 1.29 is 9.90 Å². The van der Waals surface area contributed by atoms with E-state index in [1.54, 1.807) is 0 Å². The van der Waals surface area contributed by atoms with Crippen molar-refractivity contribution in [1.82, 2.24) is 4.90 Å². The number of piperidine rings is 1. The molecule has 3 atom stereocenters. The van der Waals surface area contributed by atoms with Crippen LogP contribution in [-0.4, -0.2) is 35.1 Å². The average Bonchev–Trinajstić information content (AvgIpc) is 2.39. The summed E-state index contributed by atoms with van der Waals surface area (Å²) in [4.78, 5) is 13.5. The lowest BCUT2D eigenvalue weighted by atomic mass is 9.84. The molecule has 1 heterocycles. The van der Waals surface area contributed by atoms with Crippen molar-refractivity contribution in [1.29, 1.82) is 0 Å². The highest BCUT2D eigenvalue weighted by Gasteiger charge is 2.28. The third kappa shape index (κ3) is 5.52. The normalized spacial score (nSPS) is 24.1. The van der Waals surface area contributed by atoms with Gasteiger partial charge in [-0.15, -0.1) is 0 Å². The SMILES string of the molecule is CCCCC(CC)N1CCCC(C(C)CC(=O)O)C1. The van der Waals surface area contributed by atoms with Crippen molar-refractivity contribution in [3.63, 3.8) is 0 Å². The Morgan fingerprint density at radius 1 is 1.42 bits per heavy atom. The van der Waals surface area contributed by atoms with E-state index in [9.17, 15) is 4.79 Å². The Labute approximate surface area is 118 Å². The number of carboxylic acids is 1. The summed E-state index contributed by atoms with van der Waals surface area (Å²) in [6, 6.07) is 0.708. The van der Waals surface area contributed by atoms with Crippen molar-refractivity contribution in [3.05, 3.63) is 0 Å². The molecule has 3 heteroatoms. The molecule has 0 saturated carbocycles. The quantitative estimate of drug-likeness (QED) is 0.729. The molecule has 0 aromatic heterocycles. The molecule has 1 N–H and O–H groups in total. The van der Waals surface area contributed by atoms with Crippen LogP contribution in [0.4, 0.5) is 0 Å². The van der Waals surface area contributed by atoms with Gasteiger partial charge in [0.2, 0.25) is 0 Å². The van der Waals surface area contributed by atoms with Crippen molar-refractivity contribution in [2.24, 2.45) is 11.8 Å². The maximum absolute atomic E-state index is 10.9. The third-order valence-corrected chi connectivity index (χ3v) is 4.67. The molecule has 3 nitrogen and oxygen atoms in total. The standard InChI is InChI=1S/C16H31NO2/c1-4-6-9-15(5-2)17-10-7-8-14(12-17)13(3)11-16(18)19/h13-15H,4-12H2,1-3H3,(H,18,19). The molecule has 0 spiro atoms. The fraction of sp³-hybridized carbons (Fsp3) is 0.938. The molecule has 1 fully saturated rings. The van der Waals surface area contributed by atoms with E-state index >= 15 is 0 Å². The van der Waals surface area contributed by atoms with E-state index < -0.39 is 5.97 Å². The first-order valence-electron chi connectivity index (χ1n) is 8.04. The van der Waals surface area contributed by atoms with Gasteiger partial charge >= 0.3 is 5.97 Å². The maximum atomic E-state index is 10.9. The zero-order valence-corrected chi connectivity index (χ0v) is 12.9. The van der Waals surface area contributed by atoms with Gasteiger partial charge in [-0.3, -0.25) is 4.79 Å². The van der Waals surface area contributed by atoms with E-state index in [1.165, 1.54) is 45.1 Å². The fourth-order valence-corrected chi connectivity index (χ4v) is 3.36. The Bertz CT molecular complexity index is 267. The van der Waals surface area contributed by atoms with E-state index in [1.807, 2.05) is 0 Å². The highest BCUT2D eigenvalue weighted by Crippen LogP contribution is 2.28. The average molecular weight is 269 g/mol. The zero-order chi connectivity index (χ0) is 14.3.